The van der Waals surface area contributed by atoms with Gasteiger partial charge in [-0.2, -0.15) is 0 Å². The molecule has 0 aliphatic heterocycles. The van der Waals surface area contributed by atoms with Crippen molar-refractivity contribution in [2.75, 3.05) is 13.6 Å². The van der Waals surface area contributed by atoms with Gasteiger partial charge in [-0.25, -0.2) is 0 Å². The monoisotopic (exact) mass is 140 g/mol. The predicted molar refractivity (Wildman–Crippen MR) is 45.6 cm³/mol. The number of allylic oxidation sites excluding steroid dienone is 2. The zero-order chi connectivity index (χ0) is 7.82. The van der Waals surface area contributed by atoms with E-state index in [1.165, 1.54) is 0 Å². The van der Waals surface area contributed by atoms with Crippen molar-refractivity contribution in [3.63, 3.8) is 0 Å². The quantitative estimate of drug-likeness (QED) is 0.574. The lowest BCUT2D eigenvalue weighted by Gasteiger charge is -2.01. The molecule has 0 amide bonds. The van der Waals surface area contributed by atoms with Crippen molar-refractivity contribution in [3.8, 4) is 0 Å². The van der Waals surface area contributed by atoms with Gasteiger partial charge in [0, 0.05) is 19.3 Å². The molecule has 0 aliphatic rings. The highest BCUT2D eigenvalue weighted by molar-refractivity contribution is 5.14. The van der Waals surface area contributed by atoms with E-state index < -0.39 is 0 Å². The molecule has 2 N–H and O–H groups in total. The van der Waals surface area contributed by atoms with Gasteiger partial charge in [0.25, 0.3) is 0 Å². The maximum absolute atomic E-state index is 3.20. The molecule has 2 nitrogen and oxygen atoms in total. The summed E-state index contributed by atoms with van der Waals surface area (Å²) in [7, 11) is 1.88. The summed E-state index contributed by atoms with van der Waals surface area (Å²) in [5.41, 5.74) is 1.15. The van der Waals surface area contributed by atoms with Crippen molar-refractivity contribution in [2.45, 2.75) is 13.8 Å². The fourth-order valence-electron chi connectivity index (χ4n) is 0.634. The highest BCUT2D eigenvalue weighted by Crippen LogP contribution is 1.88. The number of hydrogen-bond donors (Lipinski definition) is 2. The summed E-state index contributed by atoms with van der Waals surface area (Å²) in [6.07, 6.45) is 5.94. The molecule has 0 bridgehead atoms. The fraction of sp³-hybridized carbons (Fsp3) is 0.500. The van der Waals surface area contributed by atoms with E-state index in [4.69, 9.17) is 0 Å². The van der Waals surface area contributed by atoms with Gasteiger partial charge in [0.15, 0.2) is 0 Å². The van der Waals surface area contributed by atoms with Crippen molar-refractivity contribution in [2.24, 2.45) is 0 Å². The van der Waals surface area contributed by atoms with Gasteiger partial charge in [0.05, 0.1) is 0 Å². The van der Waals surface area contributed by atoms with E-state index in [0.717, 1.165) is 12.2 Å². The molecular weight excluding hydrogens is 124 g/mol. The van der Waals surface area contributed by atoms with Crippen LogP contribution < -0.4 is 10.6 Å². The van der Waals surface area contributed by atoms with Gasteiger partial charge in [-0.3, -0.25) is 0 Å². The lowest BCUT2D eigenvalue weighted by molar-refractivity contribution is 0.873. The number of hydrogen-bond acceptors (Lipinski definition) is 2. The standard InChI is InChI=1S/C8H16N2/c1-4-8(10-5-2)6-7-9-3/h4,6-7,9-10H,5H2,1-3H3/b7-6-,8-4+. The van der Waals surface area contributed by atoms with Crippen LogP contribution in [0.5, 0.6) is 0 Å². The van der Waals surface area contributed by atoms with E-state index in [1.54, 1.807) is 0 Å². The minimum Gasteiger partial charge on any atom is -0.394 e. The van der Waals surface area contributed by atoms with Crippen LogP contribution in [0.1, 0.15) is 13.8 Å². The Morgan fingerprint density at radius 1 is 1.50 bits per heavy atom. The minimum atomic E-state index is 0.966. The first-order valence-electron chi connectivity index (χ1n) is 3.59. The molecule has 0 atom stereocenters. The van der Waals surface area contributed by atoms with Crippen molar-refractivity contribution >= 4 is 0 Å². The molecule has 0 aromatic rings. The van der Waals surface area contributed by atoms with Crippen LogP contribution in [0.2, 0.25) is 0 Å². The summed E-state index contributed by atoms with van der Waals surface area (Å²) in [5, 5.41) is 6.13. The first-order valence-corrected chi connectivity index (χ1v) is 3.59. The third-order valence-electron chi connectivity index (χ3n) is 1.12. The Morgan fingerprint density at radius 3 is 2.60 bits per heavy atom. The minimum absolute atomic E-state index is 0.966. The van der Waals surface area contributed by atoms with Gasteiger partial charge in [-0.15, -0.1) is 0 Å². The lowest BCUT2D eigenvalue weighted by atomic mass is 10.4. The van der Waals surface area contributed by atoms with Crippen LogP contribution >= 0.6 is 0 Å². The summed E-state index contributed by atoms with van der Waals surface area (Å²) in [6.45, 7) is 5.06. The molecule has 10 heavy (non-hydrogen) atoms. The van der Waals surface area contributed by atoms with Crippen LogP contribution in [0, 0.1) is 0 Å². The molecule has 0 heterocycles. The highest BCUT2D eigenvalue weighted by atomic mass is 14.9. The van der Waals surface area contributed by atoms with Crippen LogP contribution in [-0.2, 0) is 0 Å². The molecule has 0 rings (SSSR count). The molecule has 0 radical (unpaired) electrons. The zero-order valence-electron chi connectivity index (χ0n) is 6.94. The second-order valence-electron chi connectivity index (χ2n) is 1.90. The number of rotatable bonds is 4. The fourth-order valence-corrected chi connectivity index (χ4v) is 0.634. The topological polar surface area (TPSA) is 24.1 Å². The van der Waals surface area contributed by atoms with Crippen LogP contribution in [0.3, 0.4) is 0 Å². The van der Waals surface area contributed by atoms with Crippen LogP contribution in [0.15, 0.2) is 24.0 Å². The van der Waals surface area contributed by atoms with Gasteiger partial charge in [0.1, 0.15) is 0 Å². The highest BCUT2D eigenvalue weighted by Gasteiger charge is 1.82. The Labute approximate surface area is 63.0 Å². The van der Waals surface area contributed by atoms with E-state index in [-0.39, 0.29) is 0 Å². The summed E-state index contributed by atoms with van der Waals surface area (Å²) in [4.78, 5) is 0. The Morgan fingerprint density at radius 2 is 2.20 bits per heavy atom. The van der Waals surface area contributed by atoms with Gasteiger partial charge < -0.3 is 10.6 Å². The Balaban J connectivity index is 3.72. The van der Waals surface area contributed by atoms with E-state index in [9.17, 15) is 0 Å². The van der Waals surface area contributed by atoms with Crippen LogP contribution in [0.25, 0.3) is 0 Å². The van der Waals surface area contributed by atoms with Crippen molar-refractivity contribution in [1.82, 2.24) is 10.6 Å². The first-order chi connectivity index (χ1) is 4.85. The average Bonchev–Trinajstić information content (AvgIpc) is 1.98. The second kappa shape index (κ2) is 6.20. The number of likely N-dealkylation sites (N-methyl/N-ethyl adjacent to an activating group) is 1. The van der Waals surface area contributed by atoms with E-state index in [1.807, 2.05) is 32.3 Å². The van der Waals surface area contributed by atoms with Crippen LogP contribution in [-0.4, -0.2) is 13.6 Å². The van der Waals surface area contributed by atoms with Gasteiger partial charge in [-0.1, -0.05) is 6.08 Å². The Kier molecular flexibility index (Phi) is 5.63. The van der Waals surface area contributed by atoms with E-state index in [0.29, 0.717) is 0 Å². The zero-order valence-corrected chi connectivity index (χ0v) is 6.94. The van der Waals surface area contributed by atoms with E-state index >= 15 is 0 Å². The third kappa shape index (κ3) is 4.01. The molecule has 0 fully saturated rings. The molecular formula is C8H16N2. The largest absolute Gasteiger partial charge is 0.394 e. The molecule has 0 unspecified atom stereocenters. The second-order valence-corrected chi connectivity index (χ2v) is 1.90. The Bertz CT molecular complexity index is 125. The molecule has 0 saturated carbocycles. The SMILES string of the molecule is C/C=C(\C=C/NC)NCC. The molecule has 58 valence electrons. The lowest BCUT2D eigenvalue weighted by Crippen LogP contribution is -2.10. The number of nitrogens with one attached hydrogen (secondary N) is 2. The maximum Gasteiger partial charge on any atom is 0.0311 e. The summed E-state index contributed by atoms with van der Waals surface area (Å²) in [6, 6.07) is 0. The van der Waals surface area contributed by atoms with Crippen molar-refractivity contribution < 1.29 is 0 Å². The molecule has 0 saturated heterocycles. The van der Waals surface area contributed by atoms with E-state index in [2.05, 4.69) is 17.6 Å². The predicted octanol–water partition coefficient (Wildman–Crippen LogP) is 1.23. The molecule has 0 aliphatic carbocycles. The first kappa shape index (κ1) is 9.08. The summed E-state index contributed by atoms with van der Waals surface area (Å²) >= 11 is 0. The van der Waals surface area contributed by atoms with Crippen molar-refractivity contribution in [3.05, 3.63) is 24.0 Å². The van der Waals surface area contributed by atoms with Gasteiger partial charge >= 0.3 is 0 Å². The Hall–Kier alpha value is -0.920. The maximum atomic E-state index is 3.20. The summed E-state index contributed by atoms with van der Waals surface area (Å²) in [5.74, 6) is 0. The van der Waals surface area contributed by atoms with Gasteiger partial charge in [0.2, 0.25) is 0 Å². The molecule has 0 spiro atoms. The van der Waals surface area contributed by atoms with Crippen LogP contribution in [0.4, 0.5) is 0 Å². The molecule has 0 aromatic carbocycles. The molecule has 0 aromatic heterocycles. The smallest absolute Gasteiger partial charge is 0.0311 e. The average molecular weight is 140 g/mol. The third-order valence-corrected chi connectivity index (χ3v) is 1.12. The molecule has 2 heteroatoms. The van der Waals surface area contributed by atoms with Gasteiger partial charge in [-0.05, 0) is 26.1 Å². The normalized spacial score (nSPS) is 12.1. The van der Waals surface area contributed by atoms with Crippen molar-refractivity contribution in [1.29, 1.82) is 0 Å². The summed E-state index contributed by atoms with van der Waals surface area (Å²) < 4.78 is 0.